The molecule has 0 spiro atoms. The van der Waals surface area contributed by atoms with E-state index in [1.807, 2.05) is 0 Å². The molecule has 2 heteroatoms. The Morgan fingerprint density at radius 1 is 1.33 bits per heavy atom. The van der Waals surface area contributed by atoms with Crippen LogP contribution in [0.3, 0.4) is 0 Å². The quantitative estimate of drug-likeness (QED) is 0.763. The fourth-order valence-electron chi connectivity index (χ4n) is 2.43. The van der Waals surface area contributed by atoms with E-state index in [2.05, 4.69) is 73.2 Å². The van der Waals surface area contributed by atoms with Gasteiger partial charge in [-0.3, -0.25) is 0 Å². The van der Waals surface area contributed by atoms with Crippen LogP contribution in [0, 0.1) is 5.41 Å². The van der Waals surface area contributed by atoms with Crippen LogP contribution in [0.15, 0.2) is 28.7 Å². The molecule has 18 heavy (non-hydrogen) atoms. The van der Waals surface area contributed by atoms with Crippen molar-refractivity contribution in [3.05, 3.63) is 34.3 Å². The molecule has 0 aliphatic heterocycles. The number of hydrogen-bond acceptors (Lipinski definition) is 1. The van der Waals surface area contributed by atoms with Crippen LogP contribution in [-0.4, -0.2) is 12.6 Å². The van der Waals surface area contributed by atoms with Crippen LogP contribution >= 0.6 is 15.9 Å². The Kier molecular flexibility index (Phi) is 6.37. The maximum Gasteiger partial charge on any atom is 0.0177 e. The summed E-state index contributed by atoms with van der Waals surface area (Å²) in [4.78, 5) is 0. The molecule has 102 valence electrons. The van der Waals surface area contributed by atoms with Crippen LogP contribution in [0.5, 0.6) is 0 Å². The van der Waals surface area contributed by atoms with Crippen molar-refractivity contribution < 1.29 is 0 Å². The van der Waals surface area contributed by atoms with Gasteiger partial charge in [0, 0.05) is 17.1 Å². The second-order valence-corrected chi connectivity index (χ2v) is 6.82. The average molecular weight is 312 g/mol. The van der Waals surface area contributed by atoms with E-state index in [9.17, 15) is 0 Å². The number of nitrogens with one attached hydrogen (secondary N) is 1. The third-order valence-corrected chi connectivity index (χ3v) is 3.80. The Hall–Kier alpha value is -0.340. The van der Waals surface area contributed by atoms with Crippen molar-refractivity contribution in [3.8, 4) is 0 Å². The highest BCUT2D eigenvalue weighted by atomic mass is 79.9. The van der Waals surface area contributed by atoms with E-state index < -0.39 is 0 Å². The fraction of sp³-hybridized carbons (Fsp3) is 0.625. The molecule has 1 aromatic rings. The molecule has 1 N–H and O–H groups in total. The summed E-state index contributed by atoms with van der Waals surface area (Å²) in [5.41, 5.74) is 1.77. The lowest BCUT2D eigenvalue weighted by atomic mass is 9.79. The maximum absolute atomic E-state index is 3.59. The van der Waals surface area contributed by atoms with Gasteiger partial charge in [-0.1, -0.05) is 62.2 Å². The Balaban J connectivity index is 2.71. The minimum Gasteiger partial charge on any atom is -0.314 e. The zero-order valence-corrected chi connectivity index (χ0v) is 13.7. The summed E-state index contributed by atoms with van der Waals surface area (Å²) in [6.45, 7) is 10.2. The summed E-state index contributed by atoms with van der Waals surface area (Å²) >= 11 is 3.56. The molecule has 0 saturated carbocycles. The standard InChI is InChI=1S/C16H26BrN/c1-5-9-16(4,12-18-13(2)3)11-14-7-6-8-15(17)10-14/h6-8,10,13,18H,5,9,11-12H2,1-4H3. The summed E-state index contributed by atoms with van der Waals surface area (Å²) in [5.74, 6) is 0. The zero-order valence-electron chi connectivity index (χ0n) is 12.1. The molecule has 1 unspecified atom stereocenters. The molecule has 1 nitrogen and oxygen atoms in total. The van der Waals surface area contributed by atoms with E-state index in [4.69, 9.17) is 0 Å². The highest BCUT2D eigenvalue weighted by Gasteiger charge is 2.23. The van der Waals surface area contributed by atoms with Crippen LogP contribution < -0.4 is 5.32 Å². The van der Waals surface area contributed by atoms with Crippen molar-refractivity contribution >= 4 is 15.9 Å². The lowest BCUT2D eigenvalue weighted by Crippen LogP contribution is -2.37. The van der Waals surface area contributed by atoms with Crippen molar-refractivity contribution in [1.82, 2.24) is 5.32 Å². The van der Waals surface area contributed by atoms with Crippen molar-refractivity contribution in [2.45, 2.75) is 53.0 Å². The Labute approximate surface area is 120 Å². The molecule has 0 fully saturated rings. The molecule has 0 aromatic heterocycles. The normalized spacial score (nSPS) is 14.8. The third-order valence-electron chi connectivity index (χ3n) is 3.31. The van der Waals surface area contributed by atoms with Gasteiger partial charge in [-0.2, -0.15) is 0 Å². The van der Waals surface area contributed by atoms with E-state index in [0.717, 1.165) is 13.0 Å². The van der Waals surface area contributed by atoms with Crippen LogP contribution in [0.4, 0.5) is 0 Å². The third kappa shape index (κ3) is 5.53. The molecule has 0 amide bonds. The van der Waals surface area contributed by atoms with Gasteiger partial charge in [-0.05, 0) is 36.0 Å². The van der Waals surface area contributed by atoms with Gasteiger partial charge in [-0.25, -0.2) is 0 Å². The van der Waals surface area contributed by atoms with Gasteiger partial charge in [-0.15, -0.1) is 0 Å². The molecule has 0 radical (unpaired) electrons. The highest BCUT2D eigenvalue weighted by molar-refractivity contribution is 9.10. The monoisotopic (exact) mass is 311 g/mol. The summed E-state index contributed by atoms with van der Waals surface area (Å²) in [6.07, 6.45) is 3.64. The van der Waals surface area contributed by atoms with Gasteiger partial charge in [0.05, 0.1) is 0 Å². The van der Waals surface area contributed by atoms with Crippen LogP contribution in [-0.2, 0) is 6.42 Å². The van der Waals surface area contributed by atoms with Crippen LogP contribution in [0.25, 0.3) is 0 Å². The summed E-state index contributed by atoms with van der Waals surface area (Å²) < 4.78 is 1.18. The van der Waals surface area contributed by atoms with Crippen LogP contribution in [0.1, 0.15) is 46.1 Å². The lowest BCUT2D eigenvalue weighted by molar-refractivity contribution is 0.267. The Bertz CT molecular complexity index is 362. The molecule has 0 aliphatic rings. The first-order valence-corrected chi connectivity index (χ1v) is 7.72. The lowest BCUT2D eigenvalue weighted by Gasteiger charge is -2.31. The highest BCUT2D eigenvalue weighted by Crippen LogP contribution is 2.28. The molecule has 1 aromatic carbocycles. The largest absolute Gasteiger partial charge is 0.314 e. The summed E-state index contributed by atoms with van der Waals surface area (Å²) in [6, 6.07) is 9.25. The van der Waals surface area contributed by atoms with E-state index >= 15 is 0 Å². The maximum atomic E-state index is 3.59. The Morgan fingerprint density at radius 2 is 2.06 bits per heavy atom. The van der Waals surface area contributed by atoms with Gasteiger partial charge in [0.25, 0.3) is 0 Å². The van der Waals surface area contributed by atoms with Gasteiger partial charge in [0.1, 0.15) is 0 Å². The predicted molar refractivity (Wildman–Crippen MR) is 84.0 cm³/mol. The SMILES string of the molecule is CCCC(C)(CNC(C)C)Cc1cccc(Br)c1. The van der Waals surface area contributed by atoms with E-state index in [1.165, 1.54) is 22.9 Å². The van der Waals surface area contributed by atoms with Crippen molar-refractivity contribution in [3.63, 3.8) is 0 Å². The van der Waals surface area contributed by atoms with Crippen molar-refractivity contribution in [2.75, 3.05) is 6.54 Å². The summed E-state index contributed by atoms with van der Waals surface area (Å²) in [5, 5.41) is 3.59. The second-order valence-electron chi connectivity index (χ2n) is 5.90. The number of halogens is 1. The van der Waals surface area contributed by atoms with Gasteiger partial charge >= 0.3 is 0 Å². The van der Waals surface area contributed by atoms with Crippen LogP contribution in [0.2, 0.25) is 0 Å². The molecule has 1 rings (SSSR count). The fourth-order valence-corrected chi connectivity index (χ4v) is 2.88. The summed E-state index contributed by atoms with van der Waals surface area (Å²) in [7, 11) is 0. The smallest absolute Gasteiger partial charge is 0.0177 e. The molecular weight excluding hydrogens is 286 g/mol. The molecule has 0 saturated heterocycles. The predicted octanol–water partition coefficient (Wildman–Crippen LogP) is 4.80. The molecular formula is C16H26BrN. The first-order valence-electron chi connectivity index (χ1n) is 6.93. The van der Waals surface area contributed by atoms with Gasteiger partial charge < -0.3 is 5.32 Å². The van der Waals surface area contributed by atoms with E-state index in [1.54, 1.807) is 0 Å². The minimum absolute atomic E-state index is 0.347. The first-order chi connectivity index (χ1) is 8.45. The van der Waals surface area contributed by atoms with Gasteiger partial charge in [0.2, 0.25) is 0 Å². The number of hydrogen-bond donors (Lipinski definition) is 1. The topological polar surface area (TPSA) is 12.0 Å². The second kappa shape index (κ2) is 7.30. The molecule has 1 atom stereocenters. The van der Waals surface area contributed by atoms with E-state index in [0.29, 0.717) is 11.5 Å². The first kappa shape index (κ1) is 15.7. The molecule has 0 heterocycles. The minimum atomic E-state index is 0.347. The van der Waals surface area contributed by atoms with Crippen molar-refractivity contribution in [2.24, 2.45) is 5.41 Å². The van der Waals surface area contributed by atoms with Crippen molar-refractivity contribution in [1.29, 1.82) is 0 Å². The van der Waals surface area contributed by atoms with E-state index in [-0.39, 0.29) is 0 Å². The molecule has 0 aliphatic carbocycles. The zero-order chi connectivity index (χ0) is 13.6. The van der Waals surface area contributed by atoms with Gasteiger partial charge in [0.15, 0.2) is 0 Å². The number of rotatable bonds is 7. The number of benzene rings is 1. The molecule has 0 bridgehead atoms. The average Bonchev–Trinajstić information content (AvgIpc) is 2.27. The Morgan fingerprint density at radius 3 is 2.61 bits per heavy atom.